The minimum Gasteiger partial charge on any atom is -0.481 e. The van der Waals surface area contributed by atoms with Crippen molar-refractivity contribution in [3.8, 4) is 0 Å². The van der Waals surface area contributed by atoms with E-state index < -0.39 is 11.4 Å². The minimum atomic E-state index is -0.935. The van der Waals surface area contributed by atoms with Gasteiger partial charge in [-0.05, 0) is 29.8 Å². The highest BCUT2D eigenvalue weighted by Crippen LogP contribution is 2.27. The predicted molar refractivity (Wildman–Crippen MR) is 46.9 cm³/mol. The van der Waals surface area contributed by atoms with Gasteiger partial charge in [-0.3, -0.25) is 9.89 Å². The van der Waals surface area contributed by atoms with Crippen LogP contribution in [0.25, 0.3) is 0 Å². The van der Waals surface area contributed by atoms with Crippen LogP contribution in [-0.2, 0) is 10.2 Å². The van der Waals surface area contributed by atoms with E-state index in [-0.39, 0.29) is 0 Å². The van der Waals surface area contributed by atoms with E-state index >= 15 is 0 Å². The van der Waals surface area contributed by atoms with Gasteiger partial charge in [-0.2, -0.15) is 5.10 Å². The quantitative estimate of drug-likeness (QED) is 0.813. The van der Waals surface area contributed by atoms with Gasteiger partial charge >= 0.3 is 5.97 Å². The Morgan fingerprint density at radius 2 is 2.33 bits per heavy atom. The summed E-state index contributed by atoms with van der Waals surface area (Å²) in [6, 6.07) is 0. The van der Waals surface area contributed by atoms with E-state index in [1.54, 1.807) is 20.0 Å². The van der Waals surface area contributed by atoms with E-state index in [0.29, 0.717) is 10.2 Å². The van der Waals surface area contributed by atoms with Crippen molar-refractivity contribution >= 4 is 21.9 Å². The van der Waals surface area contributed by atoms with Gasteiger partial charge in [0.05, 0.1) is 16.4 Å². The minimum absolute atomic E-state index is 0.579. The molecule has 1 heterocycles. The monoisotopic (exact) mass is 232 g/mol. The Bertz CT molecular complexity index is 306. The van der Waals surface area contributed by atoms with Gasteiger partial charge in [-0.1, -0.05) is 0 Å². The number of aromatic amines is 1. The van der Waals surface area contributed by atoms with Crippen molar-refractivity contribution in [2.24, 2.45) is 0 Å². The van der Waals surface area contributed by atoms with Crippen molar-refractivity contribution < 1.29 is 9.90 Å². The maximum absolute atomic E-state index is 10.8. The van der Waals surface area contributed by atoms with Crippen LogP contribution < -0.4 is 0 Å². The zero-order valence-electron chi connectivity index (χ0n) is 6.76. The molecule has 0 aromatic carbocycles. The fourth-order valence-corrected chi connectivity index (χ4v) is 1.50. The predicted octanol–water partition coefficient (Wildman–Crippen LogP) is 1.53. The Morgan fingerprint density at radius 3 is 2.67 bits per heavy atom. The van der Waals surface area contributed by atoms with Crippen LogP contribution in [0.2, 0.25) is 0 Å². The first-order valence-electron chi connectivity index (χ1n) is 3.39. The van der Waals surface area contributed by atoms with Crippen LogP contribution in [0.5, 0.6) is 0 Å². The summed E-state index contributed by atoms with van der Waals surface area (Å²) in [4.78, 5) is 10.8. The molecule has 0 atom stereocenters. The molecule has 0 radical (unpaired) electrons. The van der Waals surface area contributed by atoms with Crippen LogP contribution in [0.4, 0.5) is 0 Å². The lowest BCUT2D eigenvalue weighted by atomic mass is 9.90. The molecular formula is C7H9BrN2O2. The maximum atomic E-state index is 10.8. The zero-order chi connectivity index (χ0) is 9.35. The first-order valence-corrected chi connectivity index (χ1v) is 4.18. The molecule has 5 heteroatoms. The van der Waals surface area contributed by atoms with E-state index in [1.165, 1.54) is 0 Å². The third-order valence-electron chi connectivity index (χ3n) is 1.75. The third-order valence-corrected chi connectivity index (χ3v) is 2.35. The third kappa shape index (κ3) is 1.36. The number of H-pyrrole nitrogens is 1. The number of aromatic nitrogens is 2. The van der Waals surface area contributed by atoms with Crippen molar-refractivity contribution in [3.05, 3.63) is 16.4 Å². The lowest BCUT2D eigenvalue weighted by Crippen LogP contribution is -2.29. The number of rotatable bonds is 2. The highest BCUT2D eigenvalue weighted by molar-refractivity contribution is 9.10. The van der Waals surface area contributed by atoms with E-state index in [4.69, 9.17) is 5.11 Å². The lowest BCUT2D eigenvalue weighted by molar-refractivity contribution is -0.142. The molecule has 0 aliphatic heterocycles. The molecule has 0 unspecified atom stereocenters. The summed E-state index contributed by atoms with van der Waals surface area (Å²) < 4.78 is 0.690. The smallest absolute Gasteiger partial charge is 0.315 e. The topological polar surface area (TPSA) is 66.0 Å². The number of aliphatic carboxylic acids is 1. The fourth-order valence-electron chi connectivity index (χ4n) is 0.817. The molecule has 0 aliphatic carbocycles. The van der Waals surface area contributed by atoms with E-state index in [1.807, 2.05) is 0 Å². The standard InChI is InChI=1S/C7H9BrN2O2/c1-7(2,6(11)12)5-4(8)3-9-10-5/h3H,1-2H3,(H,9,10)(H,11,12). The largest absolute Gasteiger partial charge is 0.481 e. The molecule has 0 amide bonds. The van der Waals surface area contributed by atoms with Crippen LogP contribution in [0, 0.1) is 0 Å². The van der Waals surface area contributed by atoms with E-state index in [2.05, 4.69) is 26.1 Å². The molecule has 1 rings (SSSR count). The number of carboxylic acids is 1. The number of carbonyl (C=O) groups is 1. The van der Waals surface area contributed by atoms with Crippen LogP contribution in [-0.4, -0.2) is 21.3 Å². The first-order chi connectivity index (χ1) is 5.46. The average Bonchev–Trinajstić information content (AvgIpc) is 2.35. The molecular weight excluding hydrogens is 224 g/mol. The normalized spacial score (nSPS) is 11.6. The number of hydrogen-bond acceptors (Lipinski definition) is 2. The van der Waals surface area contributed by atoms with Gasteiger partial charge in [-0.15, -0.1) is 0 Å². The highest BCUT2D eigenvalue weighted by Gasteiger charge is 2.32. The second kappa shape index (κ2) is 2.90. The second-order valence-corrected chi connectivity index (χ2v) is 3.88. The van der Waals surface area contributed by atoms with Crippen LogP contribution in [0.15, 0.2) is 10.7 Å². The molecule has 1 aromatic heterocycles. The highest BCUT2D eigenvalue weighted by atomic mass is 79.9. The molecule has 0 bridgehead atoms. The Labute approximate surface area is 78.1 Å². The summed E-state index contributed by atoms with van der Waals surface area (Å²) in [5, 5.41) is 15.3. The average molecular weight is 233 g/mol. The van der Waals surface area contributed by atoms with Crippen molar-refractivity contribution in [2.45, 2.75) is 19.3 Å². The van der Waals surface area contributed by atoms with Crippen molar-refractivity contribution in [3.63, 3.8) is 0 Å². The molecule has 0 fully saturated rings. The summed E-state index contributed by atoms with van der Waals surface area (Å²) in [5.41, 5.74) is -0.356. The summed E-state index contributed by atoms with van der Waals surface area (Å²) in [6.45, 7) is 3.24. The van der Waals surface area contributed by atoms with Crippen LogP contribution >= 0.6 is 15.9 Å². The Hall–Kier alpha value is -0.840. The van der Waals surface area contributed by atoms with Gasteiger partial charge in [0.25, 0.3) is 0 Å². The van der Waals surface area contributed by atoms with Gasteiger partial charge in [0, 0.05) is 0 Å². The van der Waals surface area contributed by atoms with Crippen LogP contribution in [0.3, 0.4) is 0 Å². The number of carboxylic acid groups (broad SMARTS) is 1. The molecule has 12 heavy (non-hydrogen) atoms. The van der Waals surface area contributed by atoms with Crippen molar-refractivity contribution in [1.29, 1.82) is 0 Å². The second-order valence-electron chi connectivity index (χ2n) is 3.02. The number of halogens is 1. The van der Waals surface area contributed by atoms with Gasteiger partial charge in [0.15, 0.2) is 0 Å². The Morgan fingerprint density at radius 1 is 1.75 bits per heavy atom. The van der Waals surface area contributed by atoms with Gasteiger partial charge in [-0.25, -0.2) is 0 Å². The maximum Gasteiger partial charge on any atom is 0.315 e. The molecule has 66 valence electrons. The van der Waals surface area contributed by atoms with Gasteiger partial charge < -0.3 is 5.11 Å². The summed E-state index contributed by atoms with van der Waals surface area (Å²) in [7, 11) is 0. The molecule has 0 aliphatic rings. The Kier molecular flexibility index (Phi) is 2.23. The molecule has 2 N–H and O–H groups in total. The number of nitrogens with one attached hydrogen (secondary N) is 1. The first kappa shape index (κ1) is 9.25. The molecule has 1 aromatic rings. The summed E-state index contributed by atoms with van der Waals surface area (Å²) in [5.74, 6) is -0.882. The van der Waals surface area contributed by atoms with E-state index in [0.717, 1.165) is 0 Å². The van der Waals surface area contributed by atoms with Crippen LogP contribution in [0.1, 0.15) is 19.5 Å². The van der Waals surface area contributed by atoms with Gasteiger partial charge in [0.1, 0.15) is 5.41 Å². The number of nitrogens with zero attached hydrogens (tertiary/aromatic N) is 1. The lowest BCUT2D eigenvalue weighted by Gasteiger charge is -2.17. The molecule has 4 nitrogen and oxygen atoms in total. The Balaban J connectivity index is 3.13. The SMILES string of the molecule is CC(C)(C(=O)O)c1[nH]ncc1Br. The van der Waals surface area contributed by atoms with E-state index in [9.17, 15) is 4.79 Å². The van der Waals surface area contributed by atoms with Crippen molar-refractivity contribution in [2.75, 3.05) is 0 Å². The van der Waals surface area contributed by atoms with Gasteiger partial charge in [0.2, 0.25) is 0 Å². The molecule has 0 spiro atoms. The molecule has 0 saturated heterocycles. The van der Waals surface area contributed by atoms with Crippen molar-refractivity contribution in [1.82, 2.24) is 10.2 Å². The fraction of sp³-hybridized carbons (Fsp3) is 0.429. The summed E-state index contributed by atoms with van der Waals surface area (Å²) >= 11 is 3.21. The zero-order valence-corrected chi connectivity index (χ0v) is 8.34. The number of hydrogen-bond donors (Lipinski definition) is 2. The summed E-state index contributed by atoms with van der Waals surface area (Å²) in [6.07, 6.45) is 1.54. The molecule has 0 saturated carbocycles.